The molecule has 23 heavy (non-hydrogen) atoms. The van der Waals surface area contributed by atoms with Gasteiger partial charge < -0.3 is 15.5 Å². The Kier molecular flexibility index (Phi) is 4.34. The van der Waals surface area contributed by atoms with Crippen LogP contribution in [0.3, 0.4) is 0 Å². The zero-order chi connectivity index (χ0) is 16.1. The summed E-state index contributed by atoms with van der Waals surface area (Å²) in [5.74, 6) is 1.47. The van der Waals surface area contributed by atoms with E-state index in [-0.39, 0.29) is 0 Å². The molecular weight excluding hydrogens is 286 g/mol. The second kappa shape index (κ2) is 6.75. The van der Waals surface area contributed by atoms with Crippen LogP contribution in [0.4, 0.5) is 0 Å². The number of nitrogens with zero attached hydrogens (tertiary/aromatic N) is 1. The molecule has 0 radical (unpaired) electrons. The van der Waals surface area contributed by atoms with Crippen LogP contribution < -0.4 is 10.1 Å². The second-order valence-corrected chi connectivity index (χ2v) is 5.02. The third-order valence-electron chi connectivity index (χ3n) is 3.48. The van der Waals surface area contributed by atoms with E-state index in [1.165, 1.54) is 6.21 Å². The van der Waals surface area contributed by atoms with E-state index in [9.17, 15) is 0 Å². The first-order valence-electron chi connectivity index (χ1n) is 7.31. The molecule has 0 spiro atoms. The molecule has 0 fully saturated rings. The fourth-order valence-corrected chi connectivity index (χ4v) is 2.38. The minimum atomic E-state index is 0.698. The quantitative estimate of drug-likeness (QED) is 0.693. The number of rotatable bonds is 5. The van der Waals surface area contributed by atoms with Crippen molar-refractivity contribution in [1.29, 1.82) is 5.41 Å². The number of hydrogen-bond donors (Lipinski definition) is 2. The summed E-state index contributed by atoms with van der Waals surface area (Å²) in [6.45, 7) is 0. The van der Waals surface area contributed by atoms with Crippen LogP contribution in [0.15, 0.2) is 67.1 Å². The molecule has 0 amide bonds. The van der Waals surface area contributed by atoms with Gasteiger partial charge in [-0.25, -0.2) is 0 Å². The summed E-state index contributed by atoms with van der Waals surface area (Å²) >= 11 is 0. The number of benzene rings is 2. The van der Waals surface area contributed by atoms with Crippen LogP contribution in [0, 0.1) is 5.41 Å². The normalized spacial score (nSPS) is 11.3. The summed E-state index contributed by atoms with van der Waals surface area (Å²) < 4.78 is 5.97. The molecule has 0 aliphatic rings. The number of allylic oxidation sites excluding steroid dienone is 1. The van der Waals surface area contributed by atoms with E-state index >= 15 is 0 Å². The molecule has 0 unspecified atom stereocenters. The standard InChI is InChI=1S/C19H17N3O/c1-21-11-16(10-20)14-7-8-15-12-22-13-19(18(15)9-14)23-17-5-3-2-4-6-17/h2-13,20-21H,1H3/b16-11+,20-10?. The lowest BCUT2D eigenvalue weighted by molar-refractivity contribution is 0.486. The van der Waals surface area contributed by atoms with Gasteiger partial charge in [0, 0.05) is 42.0 Å². The van der Waals surface area contributed by atoms with Crippen LogP contribution >= 0.6 is 0 Å². The Morgan fingerprint density at radius 2 is 1.96 bits per heavy atom. The van der Waals surface area contributed by atoms with Crippen molar-refractivity contribution in [2.45, 2.75) is 0 Å². The van der Waals surface area contributed by atoms with Gasteiger partial charge in [-0.3, -0.25) is 4.98 Å². The molecule has 0 aliphatic heterocycles. The SMILES string of the molecule is CN/C=C(\C=N)c1ccc2cncc(Oc3ccccc3)c2c1. The van der Waals surface area contributed by atoms with Crippen LogP contribution in [-0.4, -0.2) is 18.2 Å². The highest BCUT2D eigenvalue weighted by Crippen LogP contribution is 2.30. The summed E-state index contributed by atoms with van der Waals surface area (Å²) in [4.78, 5) is 4.24. The Bertz CT molecular complexity index is 857. The molecule has 2 aromatic carbocycles. The maximum atomic E-state index is 7.56. The number of para-hydroxylation sites is 1. The molecule has 4 nitrogen and oxygen atoms in total. The third kappa shape index (κ3) is 3.21. The molecule has 2 N–H and O–H groups in total. The number of fused-ring (bicyclic) bond motifs is 1. The first-order chi connectivity index (χ1) is 11.3. The minimum Gasteiger partial charge on any atom is -0.455 e. The van der Waals surface area contributed by atoms with E-state index in [0.29, 0.717) is 5.75 Å². The van der Waals surface area contributed by atoms with Gasteiger partial charge in [0.25, 0.3) is 0 Å². The van der Waals surface area contributed by atoms with Crippen LogP contribution in [0.5, 0.6) is 11.5 Å². The van der Waals surface area contributed by atoms with Crippen molar-refractivity contribution in [1.82, 2.24) is 10.3 Å². The number of ether oxygens (including phenoxy) is 1. The molecule has 1 heterocycles. The van der Waals surface area contributed by atoms with E-state index in [0.717, 1.165) is 27.7 Å². The van der Waals surface area contributed by atoms with Gasteiger partial charge >= 0.3 is 0 Å². The van der Waals surface area contributed by atoms with Crippen molar-refractivity contribution < 1.29 is 4.74 Å². The Labute approximate surface area is 135 Å². The highest BCUT2D eigenvalue weighted by atomic mass is 16.5. The van der Waals surface area contributed by atoms with Crippen molar-refractivity contribution in [3.63, 3.8) is 0 Å². The van der Waals surface area contributed by atoms with Gasteiger partial charge in [0.05, 0.1) is 6.20 Å². The zero-order valence-electron chi connectivity index (χ0n) is 12.8. The Hall–Kier alpha value is -3.14. The molecular formula is C19H17N3O. The first kappa shape index (κ1) is 14.8. The number of nitrogens with one attached hydrogen (secondary N) is 2. The molecule has 0 saturated carbocycles. The minimum absolute atomic E-state index is 0.698. The van der Waals surface area contributed by atoms with E-state index in [4.69, 9.17) is 10.1 Å². The van der Waals surface area contributed by atoms with Gasteiger partial charge in [0.1, 0.15) is 5.75 Å². The van der Waals surface area contributed by atoms with Gasteiger partial charge in [0.2, 0.25) is 0 Å². The van der Waals surface area contributed by atoms with Gasteiger partial charge in [-0.1, -0.05) is 30.3 Å². The predicted molar refractivity (Wildman–Crippen MR) is 94.1 cm³/mol. The van der Waals surface area contributed by atoms with E-state index in [1.54, 1.807) is 12.4 Å². The van der Waals surface area contributed by atoms with Gasteiger partial charge in [-0.15, -0.1) is 0 Å². The van der Waals surface area contributed by atoms with Crippen molar-refractivity contribution in [3.05, 3.63) is 72.7 Å². The summed E-state index contributed by atoms with van der Waals surface area (Å²) in [7, 11) is 1.82. The average Bonchev–Trinajstić information content (AvgIpc) is 2.60. The monoisotopic (exact) mass is 303 g/mol. The van der Waals surface area contributed by atoms with Gasteiger partial charge in [-0.05, 0) is 23.8 Å². The summed E-state index contributed by atoms with van der Waals surface area (Å²) in [5.41, 5.74) is 1.75. The molecule has 0 bridgehead atoms. The zero-order valence-corrected chi connectivity index (χ0v) is 12.8. The van der Waals surface area contributed by atoms with Crippen molar-refractivity contribution in [2.75, 3.05) is 7.05 Å². The molecule has 4 heteroatoms. The maximum Gasteiger partial charge on any atom is 0.153 e. The fourth-order valence-electron chi connectivity index (χ4n) is 2.38. The topological polar surface area (TPSA) is 58.0 Å². The van der Waals surface area contributed by atoms with E-state index in [1.807, 2.05) is 61.8 Å². The van der Waals surface area contributed by atoms with Gasteiger partial charge in [0.15, 0.2) is 5.75 Å². The Morgan fingerprint density at radius 3 is 2.70 bits per heavy atom. The van der Waals surface area contributed by atoms with E-state index in [2.05, 4.69) is 10.3 Å². The number of hydrogen-bond acceptors (Lipinski definition) is 4. The fraction of sp³-hybridized carbons (Fsp3) is 0.0526. The first-order valence-corrected chi connectivity index (χ1v) is 7.31. The van der Waals surface area contributed by atoms with Crippen LogP contribution in [0.2, 0.25) is 0 Å². The van der Waals surface area contributed by atoms with Crippen molar-refractivity contribution in [2.24, 2.45) is 0 Å². The lowest BCUT2D eigenvalue weighted by atomic mass is 10.0. The summed E-state index contributed by atoms with van der Waals surface area (Å²) in [6.07, 6.45) is 6.65. The summed E-state index contributed by atoms with van der Waals surface area (Å²) in [6, 6.07) is 15.6. The van der Waals surface area contributed by atoms with Crippen LogP contribution in [0.1, 0.15) is 5.56 Å². The third-order valence-corrected chi connectivity index (χ3v) is 3.48. The second-order valence-electron chi connectivity index (χ2n) is 5.02. The molecule has 0 aliphatic carbocycles. The maximum absolute atomic E-state index is 7.56. The molecule has 3 aromatic rings. The largest absolute Gasteiger partial charge is 0.455 e. The van der Waals surface area contributed by atoms with Gasteiger partial charge in [-0.2, -0.15) is 0 Å². The smallest absolute Gasteiger partial charge is 0.153 e. The van der Waals surface area contributed by atoms with Crippen molar-refractivity contribution in [3.8, 4) is 11.5 Å². The highest BCUT2D eigenvalue weighted by Gasteiger charge is 2.07. The lowest BCUT2D eigenvalue weighted by Gasteiger charge is -2.10. The Balaban J connectivity index is 2.08. The van der Waals surface area contributed by atoms with E-state index < -0.39 is 0 Å². The van der Waals surface area contributed by atoms with Crippen LogP contribution in [0.25, 0.3) is 16.3 Å². The summed E-state index contributed by atoms with van der Waals surface area (Å²) in [5, 5.41) is 12.5. The lowest BCUT2D eigenvalue weighted by Crippen LogP contribution is -1.97. The Morgan fingerprint density at radius 1 is 1.13 bits per heavy atom. The van der Waals surface area contributed by atoms with Crippen molar-refractivity contribution >= 4 is 22.6 Å². The molecule has 0 atom stereocenters. The molecule has 0 saturated heterocycles. The molecule has 3 rings (SSSR count). The highest BCUT2D eigenvalue weighted by molar-refractivity contribution is 6.09. The number of pyridine rings is 1. The molecule has 114 valence electrons. The van der Waals surface area contributed by atoms with Crippen LogP contribution in [-0.2, 0) is 0 Å². The molecule has 1 aromatic heterocycles. The predicted octanol–water partition coefficient (Wildman–Crippen LogP) is 4.24. The number of aromatic nitrogens is 1. The average molecular weight is 303 g/mol.